The van der Waals surface area contributed by atoms with Crippen molar-refractivity contribution in [2.75, 3.05) is 6.61 Å². The van der Waals surface area contributed by atoms with Gasteiger partial charge in [-0.3, -0.25) is 0 Å². The van der Waals surface area contributed by atoms with Gasteiger partial charge in [-0.1, -0.05) is 6.08 Å². The highest BCUT2D eigenvalue weighted by Gasteiger charge is 2.50. The zero-order valence-corrected chi connectivity index (χ0v) is 16.1. The van der Waals surface area contributed by atoms with Gasteiger partial charge in [-0.15, -0.1) is 0 Å². The van der Waals surface area contributed by atoms with Crippen LogP contribution in [0.5, 0.6) is 0 Å². The molecule has 2 aliphatic heterocycles. The summed E-state index contributed by atoms with van der Waals surface area (Å²) < 4.78 is 21.8. The summed E-state index contributed by atoms with van der Waals surface area (Å²) in [4.78, 5) is 0. The summed E-state index contributed by atoms with van der Waals surface area (Å²) in [5.41, 5.74) is -1.64. The summed E-state index contributed by atoms with van der Waals surface area (Å²) in [5.74, 6) is 0. The van der Waals surface area contributed by atoms with E-state index in [0.29, 0.717) is 0 Å². The molecule has 12 heteroatoms. The monoisotopic (exact) mass is 433 g/mol. The lowest BCUT2D eigenvalue weighted by Crippen LogP contribution is -2.60. The standard InChI is InChI=1S/C18H27NO11/c1-7-10(21)12(23)14(25)16(27-7)28-8-2-3-18(4-8,6-19)30-17-15(26)13(24)11(22)9(5-20)29-17/h2-3,7-17,20-26H,4-5H2,1H3/t7-,8-,9-,10-,11-,12+,13+,14-,15-,16+,17+,18+/m0/s1. The Bertz CT molecular complexity index is 669. The van der Waals surface area contributed by atoms with E-state index in [1.54, 1.807) is 0 Å². The minimum atomic E-state index is -1.68. The number of aliphatic hydroxyl groups is 7. The molecule has 0 aromatic carbocycles. The van der Waals surface area contributed by atoms with Crippen LogP contribution in [0.3, 0.4) is 0 Å². The Morgan fingerprint density at radius 2 is 1.60 bits per heavy atom. The number of hydrogen-bond donors (Lipinski definition) is 7. The Morgan fingerprint density at radius 1 is 0.967 bits per heavy atom. The number of hydrogen-bond acceptors (Lipinski definition) is 12. The minimum Gasteiger partial charge on any atom is -0.394 e. The summed E-state index contributed by atoms with van der Waals surface area (Å²) in [5, 5.41) is 78.5. The second kappa shape index (κ2) is 9.11. The van der Waals surface area contributed by atoms with Crippen molar-refractivity contribution in [2.45, 2.75) is 86.5 Å². The van der Waals surface area contributed by atoms with Crippen LogP contribution in [0.15, 0.2) is 12.2 Å². The Labute approximate surface area is 172 Å². The van der Waals surface area contributed by atoms with Crippen LogP contribution < -0.4 is 0 Å². The van der Waals surface area contributed by atoms with Crippen LogP contribution in [-0.4, -0.2) is 115 Å². The zero-order chi connectivity index (χ0) is 22.2. The summed E-state index contributed by atoms with van der Waals surface area (Å²) >= 11 is 0. The average Bonchev–Trinajstić information content (AvgIpc) is 3.14. The van der Waals surface area contributed by atoms with Crippen molar-refractivity contribution in [3.63, 3.8) is 0 Å². The highest BCUT2D eigenvalue weighted by molar-refractivity contribution is 5.25. The van der Waals surface area contributed by atoms with Crippen LogP contribution in [0.1, 0.15) is 13.3 Å². The Kier molecular flexibility index (Phi) is 7.12. The molecule has 7 N–H and O–H groups in total. The molecule has 3 aliphatic rings. The molecule has 12 atom stereocenters. The molecule has 2 saturated heterocycles. The maximum Gasteiger partial charge on any atom is 0.189 e. The van der Waals surface area contributed by atoms with Crippen molar-refractivity contribution in [3.8, 4) is 6.07 Å². The summed E-state index contributed by atoms with van der Waals surface area (Å²) in [6.07, 6.45) is -12.0. The van der Waals surface area contributed by atoms with Crippen LogP contribution >= 0.6 is 0 Å². The number of aliphatic hydroxyl groups excluding tert-OH is 7. The van der Waals surface area contributed by atoms with Crippen molar-refractivity contribution in [3.05, 3.63) is 12.2 Å². The Morgan fingerprint density at radius 3 is 2.23 bits per heavy atom. The lowest BCUT2D eigenvalue weighted by molar-refractivity contribution is -0.319. The number of nitriles is 1. The van der Waals surface area contributed by atoms with Crippen molar-refractivity contribution in [1.29, 1.82) is 5.26 Å². The second-order valence-electron chi connectivity index (χ2n) is 7.74. The molecule has 0 aromatic heterocycles. The first-order valence-electron chi connectivity index (χ1n) is 9.56. The Balaban J connectivity index is 1.65. The maximum atomic E-state index is 10.1. The molecule has 0 bridgehead atoms. The van der Waals surface area contributed by atoms with Gasteiger partial charge in [0.25, 0.3) is 0 Å². The van der Waals surface area contributed by atoms with Gasteiger partial charge in [-0.2, -0.15) is 5.26 Å². The Hall–Kier alpha value is -1.21. The third kappa shape index (κ3) is 4.38. The average molecular weight is 433 g/mol. The van der Waals surface area contributed by atoms with Crippen LogP contribution in [-0.2, 0) is 18.9 Å². The third-order valence-corrected chi connectivity index (χ3v) is 5.57. The molecule has 2 fully saturated rings. The smallest absolute Gasteiger partial charge is 0.189 e. The third-order valence-electron chi connectivity index (χ3n) is 5.57. The van der Waals surface area contributed by atoms with E-state index < -0.39 is 79.7 Å². The van der Waals surface area contributed by atoms with Crippen molar-refractivity contribution in [1.82, 2.24) is 0 Å². The molecule has 1 aliphatic carbocycles. The zero-order valence-electron chi connectivity index (χ0n) is 16.1. The summed E-state index contributed by atoms with van der Waals surface area (Å²) in [7, 11) is 0. The first-order valence-corrected chi connectivity index (χ1v) is 9.56. The predicted molar refractivity (Wildman–Crippen MR) is 94.2 cm³/mol. The van der Waals surface area contributed by atoms with Gasteiger partial charge in [0.1, 0.15) is 48.8 Å². The van der Waals surface area contributed by atoms with Crippen molar-refractivity contribution >= 4 is 0 Å². The van der Waals surface area contributed by atoms with Gasteiger partial charge < -0.3 is 54.7 Å². The van der Waals surface area contributed by atoms with Crippen LogP contribution in [0.2, 0.25) is 0 Å². The molecule has 0 radical (unpaired) electrons. The van der Waals surface area contributed by atoms with Gasteiger partial charge >= 0.3 is 0 Å². The fourth-order valence-corrected chi connectivity index (χ4v) is 3.66. The molecular weight excluding hydrogens is 406 g/mol. The van der Waals surface area contributed by atoms with Crippen LogP contribution in [0.4, 0.5) is 0 Å². The number of ether oxygens (including phenoxy) is 4. The fraction of sp³-hybridized carbons (Fsp3) is 0.833. The van der Waals surface area contributed by atoms with E-state index in [1.807, 2.05) is 6.07 Å². The van der Waals surface area contributed by atoms with Crippen molar-refractivity contribution < 1.29 is 54.7 Å². The van der Waals surface area contributed by atoms with Gasteiger partial charge in [-0.05, 0) is 13.0 Å². The predicted octanol–water partition coefficient (Wildman–Crippen LogP) is -3.76. The lowest BCUT2D eigenvalue weighted by Gasteiger charge is -2.42. The van der Waals surface area contributed by atoms with E-state index in [-0.39, 0.29) is 6.42 Å². The fourth-order valence-electron chi connectivity index (χ4n) is 3.66. The molecule has 0 spiro atoms. The topological polar surface area (TPSA) is 202 Å². The maximum absolute atomic E-state index is 10.1. The largest absolute Gasteiger partial charge is 0.394 e. The number of rotatable bonds is 5. The normalized spacial score (nSPS) is 51.6. The summed E-state index contributed by atoms with van der Waals surface area (Å²) in [6, 6.07) is 1.93. The molecule has 170 valence electrons. The molecule has 0 aromatic rings. The van der Waals surface area contributed by atoms with Gasteiger partial charge in [-0.25, -0.2) is 0 Å². The first-order chi connectivity index (χ1) is 14.1. The molecule has 0 amide bonds. The summed E-state index contributed by atoms with van der Waals surface area (Å²) in [6.45, 7) is 0.859. The molecule has 3 rings (SSSR count). The molecular formula is C18H27NO11. The number of nitrogens with zero attached hydrogens (tertiary/aromatic N) is 1. The lowest BCUT2D eigenvalue weighted by atomic mass is 9.98. The van der Waals surface area contributed by atoms with Gasteiger partial charge in [0.2, 0.25) is 0 Å². The highest BCUT2D eigenvalue weighted by atomic mass is 16.7. The first kappa shape index (κ1) is 23.5. The van der Waals surface area contributed by atoms with E-state index in [0.717, 1.165) is 0 Å². The van der Waals surface area contributed by atoms with E-state index in [1.165, 1.54) is 19.1 Å². The molecule has 2 heterocycles. The molecule has 30 heavy (non-hydrogen) atoms. The quantitative estimate of drug-likeness (QED) is 0.209. The van der Waals surface area contributed by atoms with Crippen LogP contribution in [0.25, 0.3) is 0 Å². The van der Waals surface area contributed by atoms with Crippen molar-refractivity contribution in [2.24, 2.45) is 0 Å². The molecule has 12 nitrogen and oxygen atoms in total. The molecule has 0 unspecified atom stereocenters. The van der Waals surface area contributed by atoms with Gasteiger partial charge in [0.05, 0.1) is 18.8 Å². The van der Waals surface area contributed by atoms with Crippen LogP contribution in [0, 0.1) is 11.3 Å². The van der Waals surface area contributed by atoms with Gasteiger partial charge in [0.15, 0.2) is 18.2 Å². The van der Waals surface area contributed by atoms with E-state index >= 15 is 0 Å². The SMILES string of the molecule is C[C@@H]1O[C@H](O[C@H]2C=C[C@@](C#N)(O[C@H]3O[C@@H](CO)[C@H](O)[C@@H](O)[C@@H]3O)C2)[C@@H](O)[C@H](O)[C@H]1O. The van der Waals surface area contributed by atoms with Gasteiger partial charge in [0, 0.05) is 6.42 Å². The van der Waals surface area contributed by atoms with E-state index in [2.05, 4.69) is 0 Å². The van der Waals surface area contributed by atoms with E-state index in [4.69, 9.17) is 18.9 Å². The molecule has 0 saturated carbocycles. The second-order valence-corrected chi connectivity index (χ2v) is 7.74. The highest BCUT2D eigenvalue weighted by Crippen LogP contribution is 2.35. The van der Waals surface area contributed by atoms with E-state index in [9.17, 15) is 41.0 Å². The minimum absolute atomic E-state index is 0.0991.